The van der Waals surface area contributed by atoms with E-state index in [1.54, 1.807) is 0 Å². The van der Waals surface area contributed by atoms with Crippen LogP contribution in [0.2, 0.25) is 0 Å². The van der Waals surface area contributed by atoms with Gasteiger partial charge in [-0.15, -0.1) is 10.2 Å². The van der Waals surface area contributed by atoms with Crippen LogP contribution in [-0.2, 0) is 13.0 Å². The number of halogens is 1. The van der Waals surface area contributed by atoms with Gasteiger partial charge in [0.05, 0.1) is 0 Å². The molecule has 0 spiro atoms. The van der Waals surface area contributed by atoms with Crippen molar-refractivity contribution in [1.29, 1.82) is 0 Å². The summed E-state index contributed by atoms with van der Waals surface area (Å²) in [5, 5.41) is 11.7. The number of benzene rings is 1. The van der Waals surface area contributed by atoms with Crippen molar-refractivity contribution in [1.82, 2.24) is 15.5 Å². The number of aromatic nitrogens is 2. The van der Waals surface area contributed by atoms with Crippen molar-refractivity contribution in [3.05, 3.63) is 59.1 Å². The van der Waals surface area contributed by atoms with Gasteiger partial charge in [-0.2, -0.15) is 0 Å². The lowest BCUT2D eigenvalue weighted by Crippen LogP contribution is -2.34. The number of rotatable bonds is 7. The lowest BCUT2D eigenvalue weighted by Gasteiger charge is -2.37. The van der Waals surface area contributed by atoms with Crippen molar-refractivity contribution in [3.63, 3.8) is 0 Å². The number of nitrogens with one attached hydrogen (secondary N) is 1. The highest BCUT2D eigenvalue weighted by Crippen LogP contribution is 2.38. The van der Waals surface area contributed by atoms with E-state index < -0.39 is 0 Å². The molecule has 1 aliphatic carbocycles. The molecule has 0 aliphatic heterocycles. The van der Waals surface area contributed by atoms with Gasteiger partial charge in [0.15, 0.2) is 0 Å². The third-order valence-corrected chi connectivity index (χ3v) is 5.70. The Bertz CT molecular complexity index is 766. The summed E-state index contributed by atoms with van der Waals surface area (Å²) in [5.41, 5.74) is 2.52. The van der Waals surface area contributed by atoms with E-state index in [-0.39, 0.29) is 5.82 Å². The maximum Gasteiger partial charge on any atom is 0.217 e. The SMILES string of the molecule is CC1=CC(CNCc2ccc(F)cc2)C(C(C)C)CC1Cc1nnc(C)o1. The maximum absolute atomic E-state index is 13.0. The minimum absolute atomic E-state index is 0.188. The number of allylic oxidation sites excluding steroid dienone is 1. The minimum Gasteiger partial charge on any atom is -0.426 e. The van der Waals surface area contributed by atoms with Crippen LogP contribution in [-0.4, -0.2) is 16.7 Å². The van der Waals surface area contributed by atoms with Crippen molar-refractivity contribution in [2.75, 3.05) is 6.54 Å². The van der Waals surface area contributed by atoms with Crippen LogP contribution in [0.15, 0.2) is 40.3 Å². The van der Waals surface area contributed by atoms with Crippen LogP contribution < -0.4 is 5.32 Å². The Balaban J connectivity index is 1.62. The third-order valence-electron chi connectivity index (χ3n) is 5.70. The second-order valence-electron chi connectivity index (χ2n) is 8.09. The van der Waals surface area contributed by atoms with Gasteiger partial charge in [-0.1, -0.05) is 37.6 Å². The molecule has 1 aromatic carbocycles. The van der Waals surface area contributed by atoms with Crippen molar-refractivity contribution < 1.29 is 8.81 Å². The lowest BCUT2D eigenvalue weighted by atomic mass is 9.70. The van der Waals surface area contributed by atoms with E-state index in [2.05, 4.69) is 42.4 Å². The average molecular weight is 372 g/mol. The second-order valence-corrected chi connectivity index (χ2v) is 8.09. The molecule has 1 heterocycles. The standard InChI is InChI=1S/C22H30FN3O/c1-14(2)21-10-18(11-22-26-25-16(4)27-22)15(3)9-19(21)13-24-12-17-5-7-20(23)8-6-17/h5-9,14,18-19,21,24H,10-13H2,1-4H3. The van der Waals surface area contributed by atoms with Gasteiger partial charge in [-0.25, -0.2) is 4.39 Å². The van der Waals surface area contributed by atoms with Crippen molar-refractivity contribution in [2.24, 2.45) is 23.7 Å². The summed E-state index contributed by atoms with van der Waals surface area (Å²) in [6.45, 7) is 10.4. The highest BCUT2D eigenvalue weighted by Gasteiger charge is 2.32. The van der Waals surface area contributed by atoms with Crippen LogP contribution in [0.25, 0.3) is 0 Å². The van der Waals surface area contributed by atoms with Gasteiger partial charge in [0.2, 0.25) is 11.8 Å². The molecule has 2 aromatic rings. The fourth-order valence-electron chi connectivity index (χ4n) is 4.12. The van der Waals surface area contributed by atoms with Crippen LogP contribution in [0.4, 0.5) is 4.39 Å². The molecule has 0 radical (unpaired) electrons. The van der Waals surface area contributed by atoms with E-state index in [1.165, 1.54) is 17.7 Å². The fourth-order valence-corrected chi connectivity index (χ4v) is 4.12. The second kappa shape index (κ2) is 8.79. The predicted octanol–water partition coefficient (Wildman–Crippen LogP) is 4.70. The van der Waals surface area contributed by atoms with Gasteiger partial charge >= 0.3 is 0 Å². The largest absolute Gasteiger partial charge is 0.426 e. The first kappa shape index (κ1) is 19.7. The van der Waals surface area contributed by atoms with Crippen LogP contribution in [0.3, 0.4) is 0 Å². The van der Waals surface area contributed by atoms with Gasteiger partial charge < -0.3 is 9.73 Å². The monoisotopic (exact) mass is 371 g/mol. The van der Waals surface area contributed by atoms with Crippen LogP contribution >= 0.6 is 0 Å². The van der Waals surface area contributed by atoms with Gasteiger partial charge in [0, 0.05) is 26.4 Å². The smallest absolute Gasteiger partial charge is 0.217 e. The average Bonchev–Trinajstić information content (AvgIpc) is 3.03. The number of nitrogens with zero attached hydrogens (tertiary/aromatic N) is 2. The van der Waals surface area contributed by atoms with E-state index in [1.807, 2.05) is 19.1 Å². The van der Waals surface area contributed by atoms with Crippen molar-refractivity contribution >= 4 is 0 Å². The molecule has 5 heteroatoms. The Labute approximate surface area is 161 Å². The lowest BCUT2D eigenvalue weighted by molar-refractivity contribution is 0.218. The predicted molar refractivity (Wildman–Crippen MR) is 105 cm³/mol. The first-order valence-electron chi connectivity index (χ1n) is 9.85. The Morgan fingerprint density at radius 1 is 1.19 bits per heavy atom. The fraction of sp³-hybridized carbons (Fsp3) is 0.545. The number of aryl methyl sites for hydroxylation is 1. The molecular formula is C22H30FN3O. The molecule has 1 aromatic heterocycles. The molecule has 0 saturated carbocycles. The molecule has 27 heavy (non-hydrogen) atoms. The number of hydrogen-bond donors (Lipinski definition) is 1. The highest BCUT2D eigenvalue weighted by molar-refractivity contribution is 5.17. The van der Waals surface area contributed by atoms with Gasteiger partial charge in [0.25, 0.3) is 0 Å². The Kier molecular flexibility index (Phi) is 6.42. The maximum atomic E-state index is 13.0. The zero-order valence-electron chi connectivity index (χ0n) is 16.7. The molecular weight excluding hydrogens is 341 g/mol. The summed E-state index contributed by atoms with van der Waals surface area (Å²) < 4.78 is 18.6. The molecule has 0 bridgehead atoms. The normalized spacial score (nSPS) is 22.9. The van der Waals surface area contributed by atoms with E-state index in [9.17, 15) is 4.39 Å². The summed E-state index contributed by atoms with van der Waals surface area (Å²) in [6.07, 6.45) is 4.40. The molecule has 0 fully saturated rings. The van der Waals surface area contributed by atoms with E-state index in [0.717, 1.165) is 37.4 Å². The topological polar surface area (TPSA) is 51.0 Å². The quantitative estimate of drug-likeness (QED) is 0.717. The molecule has 0 saturated heterocycles. The first-order chi connectivity index (χ1) is 12.9. The van der Waals surface area contributed by atoms with E-state index in [0.29, 0.717) is 29.6 Å². The summed E-state index contributed by atoms with van der Waals surface area (Å²) in [5.74, 6) is 3.37. The Hall–Kier alpha value is -2.01. The van der Waals surface area contributed by atoms with E-state index >= 15 is 0 Å². The third kappa shape index (κ3) is 5.25. The summed E-state index contributed by atoms with van der Waals surface area (Å²) in [7, 11) is 0. The van der Waals surface area contributed by atoms with Gasteiger partial charge in [-0.3, -0.25) is 0 Å². The summed E-state index contributed by atoms with van der Waals surface area (Å²) in [4.78, 5) is 0. The molecule has 3 unspecified atom stereocenters. The van der Waals surface area contributed by atoms with E-state index in [4.69, 9.17) is 4.42 Å². The van der Waals surface area contributed by atoms with Gasteiger partial charge in [-0.05, 0) is 54.7 Å². The molecule has 3 rings (SSSR count). The molecule has 1 N–H and O–H groups in total. The molecule has 0 amide bonds. The van der Waals surface area contributed by atoms with Crippen molar-refractivity contribution in [2.45, 2.75) is 47.1 Å². The first-order valence-corrected chi connectivity index (χ1v) is 9.85. The Morgan fingerprint density at radius 2 is 1.93 bits per heavy atom. The molecule has 1 aliphatic rings. The van der Waals surface area contributed by atoms with Crippen LogP contribution in [0.1, 0.15) is 44.5 Å². The minimum atomic E-state index is -0.188. The summed E-state index contributed by atoms with van der Waals surface area (Å²) >= 11 is 0. The van der Waals surface area contributed by atoms with Crippen molar-refractivity contribution in [3.8, 4) is 0 Å². The molecule has 4 nitrogen and oxygen atoms in total. The number of hydrogen-bond acceptors (Lipinski definition) is 4. The summed E-state index contributed by atoms with van der Waals surface area (Å²) in [6, 6.07) is 6.71. The zero-order valence-corrected chi connectivity index (χ0v) is 16.7. The van der Waals surface area contributed by atoms with Crippen LogP contribution in [0.5, 0.6) is 0 Å². The molecule has 3 atom stereocenters. The molecule has 146 valence electrons. The zero-order chi connectivity index (χ0) is 19.4. The highest BCUT2D eigenvalue weighted by atomic mass is 19.1. The van der Waals surface area contributed by atoms with Crippen LogP contribution in [0, 0.1) is 36.4 Å². The van der Waals surface area contributed by atoms with Gasteiger partial charge in [0.1, 0.15) is 5.82 Å². The Morgan fingerprint density at radius 3 is 2.56 bits per heavy atom.